The predicted molar refractivity (Wildman–Crippen MR) is 70.9 cm³/mol. The number of hydrogen-bond donors (Lipinski definition) is 1. The van der Waals surface area contributed by atoms with Crippen molar-refractivity contribution in [3.05, 3.63) is 29.8 Å². The maximum absolute atomic E-state index is 8.77. The molecule has 1 heterocycles. The number of benzene rings is 1. The van der Waals surface area contributed by atoms with Crippen molar-refractivity contribution < 1.29 is 4.84 Å². The van der Waals surface area contributed by atoms with Crippen molar-refractivity contribution in [1.29, 1.82) is 5.26 Å². The molecule has 1 aromatic carbocycles. The summed E-state index contributed by atoms with van der Waals surface area (Å²) >= 11 is 0. The second kappa shape index (κ2) is 6.39. The van der Waals surface area contributed by atoms with Crippen LogP contribution in [-0.4, -0.2) is 19.7 Å². The molecule has 0 radical (unpaired) electrons. The van der Waals surface area contributed by atoms with E-state index in [4.69, 9.17) is 11.2 Å². The van der Waals surface area contributed by atoms with E-state index < -0.39 is 0 Å². The van der Waals surface area contributed by atoms with E-state index in [2.05, 4.69) is 15.8 Å². The molecule has 1 fully saturated rings. The monoisotopic (exact) mass is 245 g/mol. The molecule has 1 aromatic rings. The molecule has 0 unspecified atom stereocenters. The SMILES string of the molecule is N#Cc1ccc(N2CCC(CCON)CC2)cc1. The maximum Gasteiger partial charge on any atom is 0.0991 e. The topological polar surface area (TPSA) is 62.3 Å². The minimum Gasteiger partial charge on any atom is -0.372 e. The summed E-state index contributed by atoms with van der Waals surface area (Å²) in [6, 6.07) is 9.96. The summed E-state index contributed by atoms with van der Waals surface area (Å²) < 4.78 is 0. The summed E-state index contributed by atoms with van der Waals surface area (Å²) in [5.41, 5.74) is 1.93. The molecular weight excluding hydrogens is 226 g/mol. The van der Waals surface area contributed by atoms with Gasteiger partial charge in [0.15, 0.2) is 0 Å². The lowest BCUT2D eigenvalue weighted by molar-refractivity contribution is 0.118. The van der Waals surface area contributed by atoms with E-state index >= 15 is 0 Å². The summed E-state index contributed by atoms with van der Waals surface area (Å²) in [5.74, 6) is 5.78. The Morgan fingerprint density at radius 3 is 2.50 bits per heavy atom. The lowest BCUT2D eigenvalue weighted by Gasteiger charge is -2.33. The molecule has 1 aliphatic heterocycles. The van der Waals surface area contributed by atoms with Crippen LogP contribution < -0.4 is 10.8 Å². The number of anilines is 1. The number of piperidine rings is 1. The van der Waals surface area contributed by atoms with Gasteiger partial charge >= 0.3 is 0 Å². The molecular formula is C14H19N3O. The molecule has 96 valence electrons. The highest BCUT2D eigenvalue weighted by atomic mass is 16.6. The van der Waals surface area contributed by atoms with Gasteiger partial charge in [0, 0.05) is 18.8 Å². The second-order valence-electron chi connectivity index (χ2n) is 4.75. The average molecular weight is 245 g/mol. The average Bonchev–Trinajstić information content (AvgIpc) is 2.46. The largest absolute Gasteiger partial charge is 0.372 e. The number of nitriles is 1. The van der Waals surface area contributed by atoms with Crippen molar-refractivity contribution in [3.8, 4) is 6.07 Å². The Labute approximate surface area is 108 Å². The van der Waals surface area contributed by atoms with Gasteiger partial charge in [0.1, 0.15) is 0 Å². The summed E-state index contributed by atoms with van der Waals surface area (Å²) in [6.45, 7) is 2.80. The Kier molecular flexibility index (Phi) is 4.57. The van der Waals surface area contributed by atoms with Crippen LogP contribution in [0.15, 0.2) is 24.3 Å². The highest BCUT2D eigenvalue weighted by Crippen LogP contribution is 2.25. The number of nitrogens with zero attached hydrogens (tertiary/aromatic N) is 2. The third kappa shape index (κ3) is 3.22. The van der Waals surface area contributed by atoms with Crippen molar-refractivity contribution in [2.75, 3.05) is 24.6 Å². The summed E-state index contributed by atoms with van der Waals surface area (Å²) in [6.07, 6.45) is 3.42. The summed E-state index contributed by atoms with van der Waals surface area (Å²) in [5, 5.41) is 8.77. The van der Waals surface area contributed by atoms with Crippen LogP contribution in [0.1, 0.15) is 24.8 Å². The van der Waals surface area contributed by atoms with Gasteiger partial charge in [-0.1, -0.05) is 0 Å². The first-order valence-corrected chi connectivity index (χ1v) is 6.40. The van der Waals surface area contributed by atoms with E-state index in [1.54, 1.807) is 0 Å². The number of nitrogens with two attached hydrogens (primary N) is 1. The Morgan fingerprint density at radius 2 is 1.94 bits per heavy atom. The van der Waals surface area contributed by atoms with Gasteiger partial charge in [-0.3, -0.25) is 0 Å². The lowest BCUT2D eigenvalue weighted by atomic mass is 9.93. The van der Waals surface area contributed by atoms with Crippen LogP contribution in [0.3, 0.4) is 0 Å². The zero-order chi connectivity index (χ0) is 12.8. The van der Waals surface area contributed by atoms with Crippen molar-refractivity contribution >= 4 is 5.69 Å². The van der Waals surface area contributed by atoms with Gasteiger partial charge < -0.3 is 9.74 Å². The smallest absolute Gasteiger partial charge is 0.0991 e. The fraction of sp³-hybridized carbons (Fsp3) is 0.500. The molecule has 0 aromatic heterocycles. The van der Waals surface area contributed by atoms with Crippen molar-refractivity contribution in [2.45, 2.75) is 19.3 Å². The molecule has 1 saturated heterocycles. The van der Waals surface area contributed by atoms with Gasteiger partial charge in [-0.2, -0.15) is 5.26 Å². The van der Waals surface area contributed by atoms with Gasteiger partial charge in [-0.25, -0.2) is 5.90 Å². The van der Waals surface area contributed by atoms with Gasteiger partial charge in [0.2, 0.25) is 0 Å². The molecule has 4 heteroatoms. The van der Waals surface area contributed by atoms with Crippen molar-refractivity contribution in [2.24, 2.45) is 11.8 Å². The highest BCUT2D eigenvalue weighted by molar-refractivity contribution is 5.49. The maximum atomic E-state index is 8.77. The first kappa shape index (κ1) is 12.9. The molecule has 2 N–H and O–H groups in total. The van der Waals surface area contributed by atoms with Gasteiger partial charge in [0.25, 0.3) is 0 Å². The van der Waals surface area contributed by atoms with E-state index in [-0.39, 0.29) is 0 Å². The first-order valence-electron chi connectivity index (χ1n) is 6.40. The van der Waals surface area contributed by atoms with Gasteiger partial charge in [0.05, 0.1) is 18.2 Å². The van der Waals surface area contributed by atoms with Gasteiger partial charge in [-0.05, 0) is 49.4 Å². The van der Waals surface area contributed by atoms with Crippen LogP contribution >= 0.6 is 0 Å². The predicted octanol–water partition coefficient (Wildman–Crippen LogP) is 2.06. The van der Waals surface area contributed by atoms with E-state index in [1.807, 2.05) is 24.3 Å². The minimum atomic E-state index is 0.654. The zero-order valence-corrected chi connectivity index (χ0v) is 10.5. The number of hydrogen-bond acceptors (Lipinski definition) is 4. The molecule has 18 heavy (non-hydrogen) atoms. The second-order valence-corrected chi connectivity index (χ2v) is 4.75. The van der Waals surface area contributed by atoms with E-state index in [9.17, 15) is 0 Å². The normalized spacial score (nSPS) is 16.6. The molecule has 0 saturated carbocycles. The molecule has 4 nitrogen and oxygen atoms in total. The quantitative estimate of drug-likeness (QED) is 0.825. The molecule has 2 rings (SSSR count). The highest BCUT2D eigenvalue weighted by Gasteiger charge is 2.19. The van der Waals surface area contributed by atoms with Crippen LogP contribution in [0.4, 0.5) is 5.69 Å². The van der Waals surface area contributed by atoms with E-state index in [1.165, 1.54) is 18.5 Å². The molecule has 0 bridgehead atoms. The first-order chi connectivity index (χ1) is 8.83. The molecule has 0 aliphatic carbocycles. The summed E-state index contributed by atoms with van der Waals surface area (Å²) in [4.78, 5) is 7.01. The third-order valence-electron chi connectivity index (χ3n) is 3.62. The van der Waals surface area contributed by atoms with Crippen LogP contribution in [0.5, 0.6) is 0 Å². The fourth-order valence-corrected chi connectivity index (χ4v) is 2.46. The molecule has 1 aliphatic rings. The van der Waals surface area contributed by atoms with Crippen molar-refractivity contribution in [3.63, 3.8) is 0 Å². The Bertz CT molecular complexity index is 402. The standard InChI is InChI=1S/C14H19N3O/c15-11-13-1-3-14(4-2-13)17-8-5-12(6-9-17)7-10-18-16/h1-4,12H,5-10,16H2. The Morgan fingerprint density at radius 1 is 1.28 bits per heavy atom. The third-order valence-corrected chi connectivity index (χ3v) is 3.62. The van der Waals surface area contributed by atoms with E-state index in [0.717, 1.165) is 25.4 Å². The Balaban J connectivity index is 1.87. The fourth-order valence-electron chi connectivity index (χ4n) is 2.46. The van der Waals surface area contributed by atoms with E-state index in [0.29, 0.717) is 12.2 Å². The zero-order valence-electron chi connectivity index (χ0n) is 10.5. The Hall–Kier alpha value is -1.57. The molecule has 0 amide bonds. The van der Waals surface area contributed by atoms with Crippen LogP contribution in [0, 0.1) is 17.2 Å². The van der Waals surface area contributed by atoms with Crippen LogP contribution in [0.25, 0.3) is 0 Å². The minimum absolute atomic E-state index is 0.654. The summed E-state index contributed by atoms with van der Waals surface area (Å²) in [7, 11) is 0. The van der Waals surface area contributed by atoms with Crippen molar-refractivity contribution in [1.82, 2.24) is 0 Å². The lowest BCUT2D eigenvalue weighted by Crippen LogP contribution is -2.34. The van der Waals surface area contributed by atoms with Crippen LogP contribution in [0.2, 0.25) is 0 Å². The van der Waals surface area contributed by atoms with Gasteiger partial charge in [-0.15, -0.1) is 0 Å². The van der Waals surface area contributed by atoms with Crippen LogP contribution in [-0.2, 0) is 4.84 Å². The molecule has 0 atom stereocenters. The molecule has 0 spiro atoms. The number of rotatable bonds is 4.